The summed E-state index contributed by atoms with van der Waals surface area (Å²) in [5.41, 5.74) is 2.34. The number of allylic oxidation sites excluding steroid dienone is 1. The lowest BCUT2D eigenvalue weighted by atomic mass is 10.1. The van der Waals surface area contributed by atoms with Gasteiger partial charge in [-0.25, -0.2) is 0 Å². The van der Waals surface area contributed by atoms with Crippen LogP contribution in [0.15, 0.2) is 43.1 Å². The third-order valence-electron chi connectivity index (χ3n) is 3.66. The number of aromatic hydroxyl groups is 1. The molecule has 1 atom stereocenters. The molecule has 1 heterocycles. The van der Waals surface area contributed by atoms with Crippen molar-refractivity contribution >= 4 is 5.91 Å². The number of phenolic OH excluding ortho intramolecular Hbond substituents is 1. The van der Waals surface area contributed by atoms with Crippen LogP contribution in [0.1, 0.15) is 28.8 Å². The highest BCUT2D eigenvalue weighted by atomic mass is 16.3. The Morgan fingerprint density at radius 1 is 1.60 bits per heavy atom. The summed E-state index contributed by atoms with van der Waals surface area (Å²) < 4.78 is 0. The van der Waals surface area contributed by atoms with Crippen molar-refractivity contribution in [2.45, 2.75) is 25.4 Å². The van der Waals surface area contributed by atoms with Crippen molar-refractivity contribution in [2.75, 3.05) is 7.05 Å². The Balaban J connectivity index is 2.26. The Morgan fingerprint density at radius 3 is 3.00 bits per heavy atom. The van der Waals surface area contributed by atoms with Gasteiger partial charge in [0.15, 0.2) is 0 Å². The fourth-order valence-electron chi connectivity index (χ4n) is 2.54. The van der Waals surface area contributed by atoms with Crippen molar-refractivity contribution in [3.8, 4) is 5.75 Å². The predicted molar refractivity (Wildman–Crippen MR) is 79.4 cm³/mol. The van der Waals surface area contributed by atoms with Crippen molar-refractivity contribution in [3.05, 3.63) is 54.3 Å². The van der Waals surface area contributed by atoms with Gasteiger partial charge >= 0.3 is 0 Å². The average Bonchev–Trinajstić information content (AvgIpc) is 2.75. The zero-order chi connectivity index (χ0) is 14.7. The first-order valence-corrected chi connectivity index (χ1v) is 6.68. The largest absolute Gasteiger partial charge is 0.508 e. The van der Waals surface area contributed by atoms with Crippen LogP contribution in [-0.4, -0.2) is 29.0 Å². The van der Waals surface area contributed by atoms with Crippen molar-refractivity contribution in [2.24, 2.45) is 0 Å². The van der Waals surface area contributed by atoms with Gasteiger partial charge in [0.25, 0.3) is 5.91 Å². The molecular weight excluding hydrogens is 252 g/mol. The first-order chi connectivity index (χ1) is 9.58. The number of carbonyl (C=O) groups is 1. The first-order valence-electron chi connectivity index (χ1n) is 6.68. The van der Waals surface area contributed by atoms with Crippen molar-refractivity contribution in [3.63, 3.8) is 0 Å². The molecule has 1 aromatic rings. The first kappa shape index (κ1) is 14.2. The molecular formula is C16H20N2O2. The molecule has 0 spiro atoms. The number of hydrogen-bond donors (Lipinski definition) is 2. The minimum Gasteiger partial charge on any atom is -0.508 e. The van der Waals surface area contributed by atoms with E-state index in [1.165, 1.54) is 0 Å². The van der Waals surface area contributed by atoms with Gasteiger partial charge in [0.2, 0.25) is 0 Å². The molecule has 0 fully saturated rings. The fraction of sp³-hybridized carbons (Fsp3) is 0.312. The highest BCUT2D eigenvalue weighted by Gasteiger charge is 2.33. The molecule has 0 aliphatic carbocycles. The minimum absolute atomic E-state index is 0.00883. The molecule has 2 rings (SSSR count). The number of likely N-dealkylation sites (N-methyl/N-ethyl adjacent to an activating group) is 1. The Labute approximate surface area is 119 Å². The van der Waals surface area contributed by atoms with E-state index in [1.54, 1.807) is 23.1 Å². The molecule has 20 heavy (non-hydrogen) atoms. The topological polar surface area (TPSA) is 52.6 Å². The lowest BCUT2D eigenvalue weighted by Crippen LogP contribution is -2.39. The number of rotatable bonds is 6. The third-order valence-corrected chi connectivity index (χ3v) is 3.66. The van der Waals surface area contributed by atoms with Gasteiger partial charge in [-0.05, 0) is 36.6 Å². The summed E-state index contributed by atoms with van der Waals surface area (Å²) in [7, 11) is 1.81. The van der Waals surface area contributed by atoms with Crippen LogP contribution in [0, 0.1) is 0 Å². The maximum atomic E-state index is 12.5. The summed E-state index contributed by atoms with van der Waals surface area (Å²) in [5.74, 6) is 0.180. The number of fused-ring (bicyclic) bond motifs is 1. The fourth-order valence-corrected chi connectivity index (χ4v) is 2.54. The van der Waals surface area contributed by atoms with E-state index < -0.39 is 0 Å². The third kappa shape index (κ3) is 2.54. The van der Waals surface area contributed by atoms with E-state index in [9.17, 15) is 9.90 Å². The summed E-state index contributed by atoms with van der Waals surface area (Å²) in [6, 6.07) is 4.81. The van der Waals surface area contributed by atoms with E-state index in [1.807, 2.05) is 13.1 Å². The molecule has 106 valence electrons. The van der Waals surface area contributed by atoms with Gasteiger partial charge < -0.3 is 15.3 Å². The SMILES string of the molecule is C=CCCC(C(=C)NC)N1Cc2cc(O)ccc2C1=O. The maximum Gasteiger partial charge on any atom is 0.255 e. The highest BCUT2D eigenvalue weighted by molar-refractivity contribution is 5.98. The molecule has 1 unspecified atom stereocenters. The number of carbonyl (C=O) groups excluding carboxylic acids is 1. The Bertz CT molecular complexity index is 551. The Morgan fingerprint density at radius 2 is 2.35 bits per heavy atom. The van der Waals surface area contributed by atoms with Crippen LogP contribution < -0.4 is 5.32 Å². The quantitative estimate of drug-likeness (QED) is 0.782. The van der Waals surface area contributed by atoms with E-state index in [0.717, 1.165) is 24.1 Å². The average molecular weight is 272 g/mol. The van der Waals surface area contributed by atoms with Gasteiger partial charge in [0.1, 0.15) is 5.75 Å². The standard InChI is InChI=1S/C16H20N2O2/c1-4-5-6-15(11(2)17-3)18-10-12-9-13(19)7-8-14(12)16(18)20/h4,7-9,15,17,19H,1-2,5-6,10H2,3H3. The Hall–Kier alpha value is -2.23. The molecule has 0 aromatic heterocycles. The monoisotopic (exact) mass is 272 g/mol. The van der Waals surface area contributed by atoms with Crippen LogP contribution in [-0.2, 0) is 6.54 Å². The van der Waals surface area contributed by atoms with Crippen molar-refractivity contribution < 1.29 is 9.90 Å². The van der Waals surface area contributed by atoms with Crippen LogP contribution in [0.4, 0.5) is 0 Å². The highest BCUT2D eigenvalue weighted by Crippen LogP contribution is 2.30. The molecule has 4 heteroatoms. The molecule has 2 N–H and O–H groups in total. The molecule has 0 saturated carbocycles. The number of nitrogens with one attached hydrogen (secondary N) is 1. The van der Waals surface area contributed by atoms with Crippen LogP contribution in [0.2, 0.25) is 0 Å². The lowest BCUT2D eigenvalue weighted by molar-refractivity contribution is 0.0719. The number of benzene rings is 1. The number of hydrogen-bond acceptors (Lipinski definition) is 3. The van der Waals surface area contributed by atoms with Gasteiger partial charge in [-0.2, -0.15) is 0 Å². The van der Waals surface area contributed by atoms with Crippen molar-refractivity contribution in [1.29, 1.82) is 0 Å². The number of phenols is 1. The normalized spacial score (nSPS) is 14.8. The molecule has 0 saturated heterocycles. The van der Waals surface area contributed by atoms with Crippen LogP contribution in [0.3, 0.4) is 0 Å². The second-order valence-corrected chi connectivity index (χ2v) is 4.93. The summed E-state index contributed by atoms with van der Waals surface area (Å²) in [5, 5.41) is 12.6. The minimum atomic E-state index is -0.0694. The zero-order valence-corrected chi connectivity index (χ0v) is 11.7. The van der Waals surface area contributed by atoms with Gasteiger partial charge in [-0.15, -0.1) is 6.58 Å². The molecule has 1 aliphatic heterocycles. The summed E-state index contributed by atoms with van der Waals surface area (Å²) >= 11 is 0. The zero-order valence-electron chi connectivity index (χ0n) is 11.7. The molecule has 1 aliphatic rings. The lowest BCUT2D eigenvalue weighted by Gasteiger charge is -2.29. The van der Waals surface area contributed by atoms with Crippen LogP contribution in [0.25, 0.3) is 0 Å². The smallest absolute Gasteiger partial charge is 0.255 e. The van der Waals surface area contributed by atoms with E-state index in [2.05, 4.69) is 18.5 Å². The van der Waals surface area contributed by atoms with E-state index in [-0.39, 0.29) is 17.7 Å². The molecule has 0 radical (unpaired) electrons. The summed E-state index contributed by atoms with van der Waals surface area (Å²) in [4.78, 5) is 14.3. The molecule has 1 amide bonds. The van der Waals surface area contributed by atoms with Gasteiger partial charge in [-0.3, -0.25) is 4.79 Å². The number of amides is 1. The summed E-state index contributed by atoms with van der Waals surface area (Å²) in [6.07, 6.45) is 3.45. The van der Waals surface area contributed by atoms with Crippen molar-refractivity contribution in [1.82, 2.24) is 10.2 Å². The predicted octanol–water partition coefficient (Wildman–Crippen LogP) is 2.42. The summed E-state index contributed by atoms with van der Waals surface area (Å²) in [6.45, 7) is 8.23. The van der Waals surface area contributed by atoms with E-state index >= 15 is 0 Å². The van der Waals surface area contributed by atoms with E-state index in [0.29, 0.717) is 12.1 Å². The number of nitrogens with zero attached hydrogens (tertiary/aromatic N) is 1. The Kier molecular flexibility index (Phi) is 4.13. The van der Waals surface area contributed by atoms with Gasteiger partial charge in [0.05, 0.1) is 6.04 Å². The van der Waals surface area contributed by atoms with E-state index in [4.69, 9.17) is 0 Å². The molecule has 1 aromatic carbocycles. The van der Waals surface area contributed by atoms with Crippen LogP contribution >= 0.6 is 0 Å². The van der Waals surface area contributed by atoms with Crippen LogP contribution in [0.5, 0.6) is 5.75 Å². The maximum absolute atomic E-state index is 12.5. The second kappa shape index (κ2) is 5.82. The van der Waals surface area contributed by atoms with Gasteiger partial charge in [0, 0.05) is 24.9 Å². The molecule has 0 bridgehead atoms. The molecule has 4 nitrogen and oxygen atoms in total. The van der Waals surface area contributed by atoms with Gasteiger partial charge in [-0.1, -0.05) is 12.7 Å². The second-order valence-electron chi connectivity index (χ2n) is 4.93.